The SMILES string of the molecule is CCOc1cc(C(=O)N2CCC(CN3CCOCC3)CC2)ccc1OCC(=O)N1CCCCC1. The van der Waals surface area contributed by atoms with Crippen LogP contribution in [-0.2, 0) is 9.53 Å². The highest BCUT2D eigenvalue weighted by Crippen LogP contribution is 2.30. The summed E-state index contributed by atoms with van der Waals surface area (Å²) in [4.78, 5) is 31.9. The molecule has 3 fully saturated rings. The largest absolute Gasteiger partial charge is 0.490 e. The van der Waals surface area contributed by atoms with Crippen LogP contribution in [0.5, 0.6) is 11.5 Å². The number of benzene rings is 1. The van der Waals surface area contributed by atoms with E-state index >= 15 is 0 Å². The Kier molecular flexibility index (Phi) is 9.04. The molecule has 0 saturated carbocycles. The molecular formula is C26H39N3O5. The highest BCUT2D eigenvalue weighted by atomic mass is 16.5. The van der Waals surface area contributed by atoms with E-state index in [1.54, 1.807) is 18.2 Å². The van der Waals surface area contributed by atoms with Crippen LogP contribution in [0, 0.1) is 5.92 Å². The van der Waals surface area contributed by atoms with Gasteiger partial charge in [-0.2, -0.15) is 0 Å². The predicted molar refractivity (Wildman–Crippen MR) is 129 cm³/mol. The molecule has 1 aromatic carbocycles. The van der Waals surface area contributed by atoms with Gasteiger partial charge in [-0.25, -0.2) is 0 Å². The van der Waals surface area contributed by atoms with Crippen molar-refractivity contribution < 1.29 is 23.8 Å². The van der Waals surface area contributed by atoms with Crippen molar-refractivity contribution in [1.29, 1.82) is 0 Å². The fraction of sp³-hybridized carbons (Fsp3) is 0.692. The molecule has 4 rings (SSSR count). The highest BCUT2D eigenvalue weighted by molar-refractivity contribution is 5.95. The van der Waals surface area contributed by atoms with Gasteiger partial charge < -0.3 is 24.0 Å². The lowest BCUT2D eigenvalue weighted by Gasteiger charge is -2.36. The van der Waals surface area contributed by atoms with Gasteiger partial charge in [0.25, 0.3) is 11.8 Å². The van der Waals surface area contributed by atoms with Crippen LogP contribution in [0.3, 0.4) is 0 Å². The van der Waals surface area contributed by atoms with Gasteiger partial charge in [-0.3, -0.25) is 14.5 Å². The second-order valence-corrected chi connectivity index (χ2v) is 9.47. The zero-order valence-corrected chi connectivity index (χ0v) is 20.5. The molecule has 3 saturated heterocycles. The van der Waals surface area contributed by atoms with Crippen molar-refractivity contribution in [2.24, 2.45) is 5.92 Å². The van der Waals surface area contributed by atoms with E-state index in [1.165, 1.54) is 6.42 Å². The molecule has 0 radical (unpaired) electrons. The third-order valence-corrected chi connectivity index (χ3v) is 7.07. The summed E-state index contributed by atoms with van der Waals surface area (Å²) < 4.78 is 17.0. The van der Waals surface area contributed by atoms with Crippen molar-refractivity contribution in [3.63, 3.8) is 0 Å². The number of carbonyl (C=O) groups is 2. The molecule has 0 unspecified atom stereocenters. The van der Waals surface area contributed by atoms with Crippen molar-refractivity contribution in [2.75, 3.05) is 72.2 Å². The summed E-state index contributed by atoms with van der Waals surface area (Å²) in [6, 6.07) is 5.30. The molecule has 8 heteroatoms. The fourth-order valence-corrected chi connectivity index (χ4v) is 5.05. The number of piperidine rings is 2. The third kappa shape index (κ3) is 6.63. The van der Waals surface area contributed by atoms with Gasteiger partial charge in [-0.1, -0.05) is 0 Å². The third-order valence-electron chi connectivity index (χ3n) is 7.07. The average Bonchev–Trinajstić information content (AvgIpc) is 2.89. The fourth-order valence-electron chi connectivity index (χ4n) is 5.05. The van der Waals surface area contributed by atoms with Crippen molar-refractivity contribution in [3.05, 3.63) is 23.8 Å². The second kappa shape index (κ2) is 12.4. The number of ether oxygens (including phenoxy) is 3. The second-order valence-electron chi connectivity index (χ2n) is 9.47. The van der Waals surface area contributed by atoms with Crippen LogP contribution < -0.4 is 9.47 Å². The van der Waals surface area contributed by atoms with Gasteiger partial charge in [-0.05, 0) is 63.1 Å². The summed E-state index contributed by atoms with van der Waals surface area (Å²) >= 11 is 0. The molecule has 0 aromatic heterocycles. The average molecular weight is 474 g/mol. The lowest BCUT2D eigenvalue weighted by Crippen LogP contribution is -2.44. The Hall–Kier alpha value is -2.32. The number of nitrogens with zero attached hydrogens (tertiary/aromatic N) is 3. The summed E-state index contributed by atoms with van der Waals surface area (Å²) in [6.07, 6.45) is 5.34. The van der Waals surface area contributed by atoms with Crippen molar-refractivity contribution >= 4 is 11.8 Å². The van der Waals surface area contributed by atoms with E-state index < -0.39 is 0 Å². The summed E-state index contributed by atoms with van der Waals surface area (Å²) in [7, 11) is 0. The van der Waals surface area contributed by atoms with Gasteiger partial charge in [-0.15, -0.1) is 0 Å². The van der Waals surface area contributed by atoms with E-state index in [2.05, 4.69) is 4.90 Å². The maximum absolute atomic E-state index is 13.2. The van der Waals surface area contributed by atoms with Crippen LogP contribution in [0.15, 0.2) is 18.2 Å². The predicted octanol–water partition coefficient (Wildman–Crippen LogP) is 2.66. The monoisotopic (exact) mass is 473 g/mol. The van der Waals surface area contributed by atoms with Gasteiger partial charge in [0.2, 0.25) is 0 Å². The van der Waals surface area contributed by atoms with Gasteiger partial charge in [0.1, 0.15) is 0 Å². The number of hydrogen-bond acceptors (Lipinski definition) is 6. The first-order chi connectivity index (χ1) is 16.6. The lowest BCUT2D eigenvalue weighted by atomic mass is 9.95. The Bertz CT molecular complexity index is 813. The molecule has 0 aliphatic carbocycles. The molecule has 3 aliphatic heterocycles. The van der Waals surface area contributed by atoms with E-state index in [0.717, 1.165) is 84.7 Å². The molecule has 2 amide bonds. The molecular weight excluding hydrogens is 434 g/mol. The first-order valence-corrected chi connectivity index (χ1v) is 12.9. The normalized spacial score (nSPS) is 20.3. The summed E-state index contributed by atoms with van der Waals surface area (Å²) in [5, 5.41) is 0. The van der Waals surface area contributed by atoms with Crippen molar-refractivity contribution in [1.82, 2.24) is 14.7 Å². The minimum atomic E-state index is -0.00990. The van der Waals surface area contributed by atoms with E-state index in [9.17, 15) is 9.59 Å². The Balaban J connectivity index is 1.31. The number of hydrogen-bond donors (Lipinski definition) is 0. The maximum Gasteiger partial charge on any atom is 0.260 e. The Morgan fingerprint density at radius 2 is 1.65 bits per heavy atom. The van der Waals surface area contributed by atoms with Gasteiger partial charge in [0.15, 0.2) is 18.1 Å². The summed E-state index contributed by atoms with van der Waals surface area (Å²) in [5.41, 5.74) is 0.602. The molecule has 8 nitrogen and oxygen atoms in total. The van der Waals surface area contributed by atoms with Crippen molar-refractivity contribution in [2.45, 2.75) is 39.0 Å². The standard InChI is InChI=1S/C26H39N3O5/c1-2-33-24-18-22(6-7-23(24)34-20-25(30)28-10-4-3-5-11-28)26(31)29-12-8-21(9-13-29)19-27-14-16-32-17-15-27/h6-7,18,21H,2-5,8-17,19-20H2,1H3. The van der Waals surface area contributed by atoms with E-state index in [1.807, 2.05) is 16.7 Å². The lowest BCUT2D eigenvalue weighted by molar-refractivity contribution is -0.134. The molecule has 3 heterocycles. The zero-order valence-electron chi connectivity index (χ0n) is 20.5. The van der Waals surface area contributed by atoms with Crippen molar-refractivity contribution in [3.8, 4) is 11.5 Å². The van der Waals surface area contributed by atoms with Crippen LogP contribution >= 0.6 is 0 Å². The number of amides is 2. The number of morpholine rings is 1. The Morgan fingerprint density at radius 1 is 0.912 bits per heavy atom. The van der Waals surface area contributed by atoms with Gasteiger partial charge in [0, 0.05) is 51.4 Å². The number of rotatable bonds is 8. The molecule has 0 N–H and O–H groups in total. The molecule has 0 atom stereocenters. The van der Waals surface area contributed by atoms with Crippen LogP contribution in [-0.4, -0.2) is 98.8 Å². The molecule has 3 aliphatic rings. The van der Waals surface area contributed by atoms with Crippen LogP contribution in [0.4, 0.5) is 0 Å². The van der Waals surface area contributed by atoms with E-state index in [4.69, 9.17) is 14.2 Å². The molecule has 188 valence electrons. The summed E-state index contributed by atoms with van der Waals surface area (Å²) in [6.45, 7) is 10.3. The summed E-state index contributed by atoms with van der Waals surface area (Å²) in [5.74, 6) is 1.69. The zero-order chi connectivity index (χ0) is 23.8. The van der Waals surface area contributed by atoms with Gasteiger partial charge >= 0.3 is 0 Å². The topological polar surface area (TPSA) is 71.5 Å². The van der Waals surface area contributed by atoms with Crippen LogP contribution in [0.1, 0.15) is 49.4 Å². The maximum atomic E-state index is 13.2. The van der Waals surface area contributed by atoms with Gasteiger partial charge in [0.05, 0.1) is 19.8 Å². The van der Waals surface area contributed by atoms with E-state index in [-0.39, 0.29) is 18.4 Å². The highest BCUT2D eigenvalue weighted by Gasteiger charge is 2.26. The quantitative estimate of drug-likeness (QED) is 0.578. The molecule has 1 aromatic rings. The minimum absolute atomic E-state index is 0.00208. The minimum Gasteiger partial charge on any atom is -0.490 e. The molecule has 0 bridgehead atoms. The Labute approximate surface area is 203 Å². The number of carbonyl (C=O) groups excluding carboxylic acids is 2. The molecule has 0 spiro atoms. The smallest absolute Gasteiger partial charge is 0.260 e. The first kappa shape index (κ1) is 24.8. The molecule has 34 heavy (non-hydrogen) atoms. The Morgan fingerprint density at radius 3 is 2.35 bits per heavy atom. The van der Waals surface area contributed by atoms with Crippen LogP contribution in [0.2, 0.25) is 0 Å². The first-order valence-electron chi connectivity index (χ1n) is 12.9. The van der Waals surface area contributed by atoms with E-state index in [0.29, 0.717) is 29.6 Å². The van der Waals surface area contributed by atoms with Crippen LogP contribution in [0.25, 0.3) is 0 Å². The number of likely N-dealkylation sites (tertiary alicyclic amines) is 2.